The van der Waals surface area contributed by atoms with Crippen LogP contribution in [0.3, 0.4) is 0 Å². The van der Waals surface area contributed by atoms with Gasteiger partial charge in [-0.1, -0.05) is 17.7 Å². The molecular formula is C14H12ClFN2O. The fourth-order valence-electron chi connectivity index (χ4n) is 1.60. The maximum Gasteiger partial charge on any atom is 0.258 e. The first-order valence-corrected chi connectivity index (χ1v) is 6.05. The average Bonchev–Trinajstić information content (AvgIpc) is 2.32. The zero-order chi connectivity index (χ0) is 14.0. The summed E-state index contributed by atoms with van der Waals surface area (Å²) in [6.07, 6.45) is 1.37. The van der Waals surface area contributed by atoms with Gasteiger partial charge in [-0.2, -0.15) is 0 Å². The highest BCUT2D eigenvalue weighted by atomic mass is 35.5. The van der Waals surface area contributed by atoms with Crippen LogP contribution in [0.25, 0.3) is 0 Å². The molecule has 0 bridgehead atoms. The lowest BCUT2D eigenvalue weighted by Gasteiger charge is -2.08. The number of pyridine rings is 1. The molecule has 0 spiro atoms. The molecule has 19 heavy (non-hydrogen) atoms. The summed E-state index contributed by atoms with van der Waals surface area (Å²) in [5, 5.41) is 2.76. The van der Waals surface area contributed by atoms with E-state index in [4.69, 9.17) is 11.6 Å². The van der Waals surface area contributed by atoms with Gasteiger partial charge in [0.1, 0.15) is 5.82 Å². The van der Waals surface area contributed by atoms with Gasteiger partial charge in [0, 0.05) is 11.9 Å². The van der Waals surface area contributed by atoms with Gasteiger partial charge in [0.2, 0.25) is 0 Å². The molecule has 1 heterocycles. The van der Waals surface area contributed by atoms with Crippen molar-refractivity contribution >= 4 is 23.2 Å². The van der Waals surface area contributed by atoms with Crippen molar-refractivity contribution in [1.29, 1.82) is 0 Å². The molecule has 5 heteroatoms. The van der Waals surface area contributed by atoms with Crippen molar-refractivity contribution in [2.24, 2.45) is 0 Å². The Kier molecular flexibility index (Phi) is 3.81. The SMILES string of the molecule is Cc1ccc(NC(=O)c2cnc(C)cc2Cl)c(F)c1. The number of nitrogens with one attached hydrogen (secondary N) is 1. The lowest BCUT2D eigenvalue weighted by Crippen LogP contribution is -2.14. The maximum absolute atomic E-state index is 13.6. The molecule has 1 amide bonds. The number of hydrogen-bond acceptors (Lipinski definition) is 2. The van der Waals surface area contributed by atoms with E-state index in [1.165, 1.54) is 18.3 Å². The number of rotatable bonds is 2. The van der Waals surface area contributed by atoms with E-state index in [1.54, 1.807) is 26.0 Å². The summed E-state index contributed by atoms with van der Waals surface area (Å²) < 4.78 is 13.6. The van der Waals surface area contributed by atoms with Crippen LogP contribution in [-0.4, -0.2) is 10.9 Å². The van der Waals surface area contributed by atoms with Gasteiger partial charge in [0.25, 0.3) is 5.91 Å². The predicted octanol–water partition coefficient (Wildman–Crippen LogP) is 3.74. The van der Waals surface area contributed by atoms with Crippen LogP contribution < -0.4 is 5.32 Å². The van der Waals surface area contributed by atoms with Gasteiger partial charge in [-0.05, 0) is 37.6 Å². The number of aryl methyl sites for hydroxylation is 2. The molecule has 0 radical (unpaired) electrons. The first-order valence-electron chi connectivity index (χ1n) is 5.67. The van der Waals surface area contributed by atoms with E-state index in [0.29, 0.717) is 5.69 Å². The lowest BCUT2D eigenvalue weighted by atomic mass is 10.2. The maximum atomic E-state index is 13.6. The number of nitrogens with zero attached hydrogens (tertiary/aromatic N) is 1. The highest BCUT2D eigenvalue weighted by Crippen LogP contribution is 2.20. The average molecular weight is 279 g/mol. The van der Waals surface area contributed by atoms with Crippen molar-refractivity contribution in [2.75, 3.05) is 5.32 Å². The largest absolute Gasteiger partial charge is 0.319 e. The van der Waals surface area contributed by atoms with Crippen molar-refractivity contribution in [2.45, 2.75) is 13.8 Å². The third kappa shape index (κ3) is 3.09. The molecule has 0 saturated heterocycles. The van der Waals surface area contributed by atoms with E-state index in [2.05, 4.69) is 10.3 Å². The van der Waals surface area contributed by atoms with Gasteiger partial charge in [0.05, 0.1) is 16.3 Å². The number of carbonyl (C=O) groups is 1. The number of amides is 1. The third-order valence-electron chi connectivity index (χ3n) is 2.61. The van der Waals surface area contributed by atoms with Crippen LogP contribution in [0.4, 0.5) is 10.1 Å². The van der Waals surface area contributed by atoms with Gasteiger partial charge in [-0.3, -0.25) is 9.78 Å². The minimum atomic E-state index is -0.486. The second-order valence-electron chi connectivity index (χ2n) is 4.24. The van der Waals surface area contributed by atoms with Crippen molar-refractivity contribution in [1.82, 2.24) is 4.98 Å². The number of halogens is 2. The molecule has 1 N–H and O–H groups in total. The first kappa shape index (κ1) is 13.5. The van der Waals surface area contributed by atoms with E-state index in [9.17, 15) is 9.18 Å². The third-order valence-corrected chi connectivity index (χ3v) is 2.92. The Labute approximate surface area is 115 Å². The smallest absolute Gasteiger partial charge is 0.258 e. The Balaban J connectivity index is 2.25. The van der Waals surface area contributed by atoms with Crippen molar-refractivity contribution in [3.8, 4) is 0 Å². The van der Waals surface area contributed by atoms with Gasteiger partial charge in [-0.15, -0.1) is 0 Å². The Bertz CT molecular complexity index is 643. The highest BCUT2D eigenvalue weighted by Gasteiger charge is 2.13. The molecule has 0 atom stereocenters. The van der Waals surface area contributed by atoms with Crippen LogP contribution in [0.15, 0.2) is 30.5 Å². The molecule has 0 aliphatic rings. The summed E-state index contributed by atoms with van der Waals surface area (Å²) in [6, 6.07) is 6.17. The normalized spacial score (nSPS) is 10.3. The van der Waals surface area contributed by atoms with Crippen LogP contribution in [0.5, 0.6) is 0 Å². The van der Waals surface area contributed by atoms with Crippen molar-refractivity contribution in [3.63, 3.8) is 0 Å². The molecular weight excluding hydrogens is 267 g/mol. The minimum absolute atomic E-state index is 0.118. The van der Waals surface area contributed by atoms with Crippen LogP contribution in [0.1, 0.15) is 21.6 Å². The molecule has 0 aliphatic heterocycles. The Morgan fingerprint density at radius 1 is 1.32 bits per heavy atom. The Hall–Kier alpha value is -1.94. The van der Waals surface area contributed by atoms with Crippen molar-refractivity contribution < 1.29 is 9.18 Å². The van der Waals surface area contributed by atoms with Crippen LogP contribution in [0.2, 0.25) is 5.02 Å². The summed E-state index contributed by atoms with van der Waals surface area (Å²) in [5.74, 6) is -0.968. The number of aromatic nitrogens is 1. The summed E-state index contributed by atoms with van der Waals surface area (Å²) in [7, 11) is 0. The Morgan fingerprint density at radius 3 is 2.68 bits per heavy atom. The number of carbonyl (C=O) groups excluding carboxylic acids is 1. The molecule has 0 unspecified atom stereocenters. The van der Waals surface area contributed by atoms with Crippen LogP contribution in [-0.2, 0) is 0 Å². The molecule has 98 valence electrons. The quantitative estimate of drug-likeness (QED) is 0.909. The molecule has 2 aromatic rings. The zero-order valence-electron chi connectivity index (χ0n) is 10.5. The number of benzene rings is 1. The molecule has 3 nitrogen and oxygen atoms in total. The van der Waals surface area contributed by atoms with Gasteiger partial charge >= 0.3 is 0 Å². The van der Waals surface area contributed by atoms with Crippen molar-refractivity contribution in [3.05, 3.63) is 58.1 Å². The first-order chi connectivity index (χ1) is 8.97. The second kappa shape index (κ2) is 5.36. The summed E-state index contributed by atoms with van der Waals surface area (Å²) >= 11 is 5.96. The van der Waals surface area contributed by atoms with E-state index in [1.807, 2.05) is 0 Å². The fraction of sp³-hybridized carbons (Fsp3) is 0.143. The lowest BCUT2D eigenvalue weighted by molar-refractivity contribution is 0.102. The number of anilines is 1. The standard InChI is InChI=1S/C14H12ClFN2O/c1-8-3-4-13(12(16)5-8)18-14(19)10-7-17-9(2)6-11(10)15/h3-7H,1-2H3,(H,18,19). The zero-order valence-corrected chi connectivity index (χ0v) is 11.3. The van der Waals surface area contributed by atoms with E-state index in [0.717, 1.165) is 5.56 Å². The predicted molar refractivity (Wildman–Crippen MR) is 73.1 cm³/mol. The van der Waals surface area contributed by atoms with Gasteiger partial charge in [-0.25, -0.2) is 4.39 Å². The summed E-state index contributed by atoms with van der Waals surface area (Å²) in [5.41, 5.74) is 1.83. The number of hydrogen-bond donors (Lipinski definition) is 1. The van der Waals surface area contributed by atoms with E-state index < -0.39 is 11.7 Å². The monoisotopic (exact) mass is 278 g/mol. The molecule has 2 rings (SSSR count). The molecule has 1 aromatic heterocycles. The molecule has 1 aromatic carbocycles. The van der Waals surface area contributed by atoms with Gasteiger partial charge in [0.15, 0.2) is 0 Å². The highest BCUT2D eigenvalue weighted by molar-refractivity contribution is 6.34. The second-order valence-corrected chi connectivity index (χ2v) is 4.65. The fourth-order valence-corrected chi connectivity index (χ4v) is 1.90. The molecule has 0 fully saturated rings. The van der Waals surface area contributed by atoms with Crippen LogP contribution >= 0.6 is 11.6 Å². The Morgan fingerprint density at radius 2 is 2.05 bits per heavy atom. The van der Waals surface area contributed by atoms with Gasteiger partial charge < -0.3 is 5.32 Å². The van der Waals surface area contributed by atoms with E-state index >= 15 is 0 Å². The molecule has 0 saturated carbocycles. The molecule has 0 aliphatic carbocycles. The summed E-state index contributed by atoms with van der Waals surface area (Å²) in [4.78, 5) is 16.0. The van der Waals surface area contributed by atoms with E-state index in [-0.39, 0.29) is 16.3 Å². The minimum Gasteiger partial charge on any atom is -0.319 e. The van der Waals surface area contributed by atoms with Crippen LogP contribution in [0, 0.1) is 19.7 Å². The topological polar surface area (TPSA) is 42.0 Å². The summed E-state index contributed by atoms with van der Waals surface area (Å²) in [6.45, 7) is 3.54.